The molecule has 6 heteroatoms. The molecule has 1 aliphatic rings. The molecule has 1 unspecified atom stereocenters. The van der Waals surface area contributed by atoms with Crippen molar-refractivity contribution in [2.75, 3.05) is 25.0 Å². The van der Waals surface area contributed by atoms with Crippen LogP contribution in [0.25, 0.3) is 0 Å². The van der Waals surface area contributed by atoms with Crippen LogP contribution >= 0.6 is 0 Å². The molecule has 0 bridgehead atoms. The van der Waals surface area contributed by atoms with Crippen molar-refractivity contribution in [3.8, 4) is 0 Å². The number of morpholine rings is 1. The van der Waals surface area contributed by atoms with Gasteiger partial charge >= 0.3 is 0 Å². The van der Waals surface area contributed by atoms with Gasteiger partial charge in [-0.25, -0.2) is 0 Å². The van der Waals surface area contributed by atoms with E-state index in [2.05, 4.69) is 48.2 Å². The average Bonchev–Trinajstić information content (AvgIpc) is 3.05. The van der Waals surface area contributed by atoms with Crippen molar-refractivity contribution in [3.05, 3.63) is 48.3 Å². The molecule has 0 aliphatic carbocycles. The summed E-state index contributed by atoms with van der Waals surface area (Å²) in [6.07, 6.45) is 3.06. The van der Waals surface area contributed by atoms with Gasteiger partial charge in [-0.15, -0.1) is 0 Å². The number of nitrogens with one attached hydrogen (secondary N) is 1. The Balaban J connectivity index is 1.57. The van der Waals surface area contributed by atoms with Crippen molar-refractivity contribution in [1.82, 2.24) is 14.7 Å². The molecule has 3 rings (SSSR count). The molecule has 6 nitrogen and oxygen atoms in total. The maximum Gasteiger partial charge on any atom is 0.254 e. The molecule has 2 heterocycles. The van der Waals surface area contributed by atoms with Crippen LogP contribution in [0, 0.1) is 0 Å². The van der Waals surface area contributed by atoms with Crippen molar-refractivity contribution in [2.24, 2.45) is 0 Å². The van der Waals surface area contributed by atoms with Crippen LogP contribution in [-0.2, 0) is 21.6 Å². The summed E-state index contributed by atoms with van der Waals surface area (Å²) in [5.41, 5.74) is 1.83. The molecule has 25 heavy (non-hydrogen) atoms. The first-order valence-electron chi connectivity index (χ1n) is 8.66. The Morgan fingerprint density at radius 3 is 2.76 bits per heavy atom. The lowest BCUT2D eigenvalue weighted by Crippen LogP contribution is -2.47. The van der Waals surface area contributed by atoms with Crippen LogP contribution in [0.4, 0.5) is 5.69 Å². The highest BCUT2D eigenvalue weighted by molar-refractivity contribution is 5.94. The lowest BCUT2D eigenvalue weighted by Gasteiger charge is -2.32. The van der Waals surface area contributed by atoms with Crippen LogP contribution in [0.3, 0.4) is 0 Å². The highest BCUT2D eigenvalue weighted by Gasteiger charge is 2.27. The number of anilines is 1. The van der Waals surface area contributed by atoms with Crippen LogP contribution < -0.4 is 5.32 Å². The molecule has 0 radical (unpaired) electrons. The average molecular weight is 342 g/mol. The first-order valence-corrected chi connectivity index (χ1v) is 8.66. The highest BCUT2D eigenvalue weighted by atomic mass is 16.5. The van der Waals surface area contributed by atoms with Crippen LogP contribution in [0.5, 0.6) is 0 Å². The summed E-state index contributed by atoms with van der Waals surface area (Å²) in [7, 11) is 0. The molecule has 1 atom stereocenters. The highest BCUT2D eigenvalue weighted by Crippen LogP contribution is 2.17. The van der Waals surface area contributed by atoms with E-state index in [0.717, 1.165) is 13.1 Å². The standard InChI is InChI=1S/C19H26N4O2/c1-19(2,3)23-13-16(11-20-23)21-18(24)17-14-22(9-10-25-17)12-15-7-5-4-6-8-15/h4-8,11,13,17H,9-10,12,14H2,1-3H3,(H,21,24). The zero-order valence-corrected chi connectivity index (χ0v) is 15.1. The van der Waals surface area contributed by atoms with Gasteiger partial charge in [0.25, 0.3) is 5.91 Å². The minimum absolute atomic E-state index is 0.114. The van der Waals surface area contributed by atoms with Crippen molar-refractivity contribution in [3.63, 3.8) is 0 Å². The number of amides is 1. The summed E-state index contributed by atoms with van der Waals surface area (Å²) in [6, 6.07) is 10.3. The molecule has 1 aliphatic heterocycles. The van der Waals surface area contributed by atoms with Gasteiger partial charge in [0, 0.05) is 25.8 Å². The Bertz CT molecular complexity index is 706. The number of carbonyl (C=O) groups is 1. The molecule has 0 spiro atoms. The third kappa shape index (κ3) is 4.67. The molecule has 1 saturated heterocycles. The van der Waals surface area contributed by atoms with Gasteiger partial charge in [0.15, 0.2) is 0 Å². The number of rotatable bonds is 4. The van der Waals surface area contributed by atoms with Gasteiger partial charge in [-0.2, -0.15) is 5.10 Å². The van der Waals surface area contributed by atoms with Gasteiger partial charge in [-0.05, 0) is 26.3 Å². The van der Waals surface area contributed by atoms with Gasteiger partial charge in [-0.3, -0.25) is 14.4 Å². The second kappa shape index (κ2) is 7.37. The number of carbonyl (C=O) groups excluding carboxylic acids is 1. The summed E-state index contributed by atoms with van der Waals surface area (Å²) in [5, 5.41) is 7.22. The molecule has 2 aromatic rings. The SMILES string of the molecule is CC(C)(C)n1cc(NC(=O)C2CN(Cc3ccccc3)CCO2)cn1. The molecule has 0 saturated carbocycles. The fraction of sp³-hybridized carbons (Fsp3) is 0.474. The van der Waals surface area contributed by atoms with E-state index in [1.54, 1.807) is 6.20 Å². The molecule has 1 fully saturated rings. The van der Waals surface area contributed by atoms with E-state index >= 15 is 0 Å². The second-order valence-corrected chi connectivity index (χ2v) is 7.41. The number of aromatic nitrogens is 2. The summed E-state index contributed by atoms with van der Waals surface area (Å²) >= 11 is 0. The normalized spacial score (nSPS) is 18.9. The molecule has 1 amide bonds. The Morgan fingerprint density at radius 2 is 2.08 bits per heavy atom. The summed E-state index contributed by atoms with van der Waals surface area (Å²) in [4.78, 5) is 14.8. The third-order valence-corrected chi connectivity index (χ3v) is 4.23. The predicted octanol–water partition coefficient (Wildman–Crippen LogP) is 2.48. The molecule has 1 aromatic heterocycles. The molecule has 1 aromatic carbocycles. The number of benzene rings is 1. The smallest absolute Gasteiger partial charge is 0.254 e. The van der Waals surface area contributed by atoms with E-state index in [1.807, 2.05) is 29.1 Å². The largest absolute Gasteiger partial charge is 0.366 e. The summed E-state index contributed by atoms with van der Waals surface area (Å²) < 4.78 is 7.51. The monoisotopic (exact) mass is 342 g/mol. The first kappa shape index (κ1) is 17.6. The Kier molecular flexibility index (Phi) is 5.20. The zero-order valence-electron chi connectivity index (χ0n) is 15.1. The lowest BCUT2D eigenvalue weighted by atomic mass is 10.1. The van der Waals surface area contributed by atoms with E-state index in [9.17, 15) is 4.79 Å². The van der Waals surface area contributed by atoms with Gasteiger partial charge in [0.2, 0.25) is 0 Å². The van der Waals surface area contributed by atoms with Crippen LogP contribution in [0.15, 0.2) is 42.7 Å². The quantitative estimate of drug-likeness (QED) is 0.927. The number of nitrogens with zero attached hydrogens (tertiary/aromatic N) is 3. The first-order chi connectivity index (χ1) is 11.9. The van der Waals surface area contributed by atoms with Gasteiger partial charge < -0.3 is 10.1 Å². The van der Waals surface area contributed by atoms with Crippen molar-refractivity contribution >= 4 is 11.6 Å². The van der Waals surface area contributed by atoms with Crippen molar-refractivity contribution < 1.29 is 9.53 Å². The molecular weight excluding hydrogens is 316 g/mol. The van der Waals surface area contributed by atoms with Crippen LogP contribution in [-0.4, -0.2) is 46.4 Å². The fourth-order valence-corrected chi connectivity index (χ4v) is 2.82. The topological polar surface area (TPSA) is 59.4 Å². The minimum Gasteiger partial charge on any atom is -0.366 e. The van der Waals surface area contributed by atoms with Gasteiger partial charge in [0.05, 0.1) is 24.0 Å². The molecular formula is C19H26N4O2. The molecule has 1 N–H and O–H groups in total. The van der Waals surface area contributed by atoms with E-state index in [-0.39, 0.29) is 11.4 Å². The van der Waals surface area contributed by atoms with Crippen molar-refractivity contribution in [1.29, 1.82) is 0 Å². The number of hydrogen-bond acceptors (Lipinski definition) is 4. The zero-order chi connectivity index (χ0) is 17.9. The Labute approximate surface area is 148 Å². The van der Waals surface area contributed by atoms with Crippen LogP contribution in [0.2, 0.25) is 0 Å². The Morgan fingerprint density at radius 1 is 1.32 bits per heavy atom. The van der Waals surface area contributed by atoms with Crippen molar-refractivity contribution in [2.45, 2.75) is 39.0 Å². The maximum atomic E-state index is 12.5. The molecule has 134 valence electrons. The predicted molar refractivity (Wildman–Crippen MR) is 97.3 cm³/mol. The minimum atomic E-state index is -0.463. The number of hydrogen-bond donors (Lipinski definition) is 1. The second-order valence-electron chi connectivity index (χ2n) is 7.41. The fourth-order valence-electron chi connectivity index (χ4n) is 2.82. The lowest BCUT2D eigenvalue weighted by molar-refractivity contribution is -0.133. The van der Waals surface area contributed by atoms with Gasteiger partial charge in [0.1, 0.15) is 6.10 Å². The van der Waals surface area contributed by atoms with Gasteiger partial charge in [-0.1, -0.05) is 30.3 Å². The maximum absolute atomic E-state index is 12.5. The van der Waals surface area contributed by atoms with E-state index in [4.69, 9.17) is 4.74 Å². The summed E-state index contributed by atoms with van der Waals surface area (Å²) in [5.74, 6) is -0.119. The number of ether oxygens (including phenoxy) is 1. The Hall–Kier alpha value is -2.18. The van der Waals surface area contributed by atoms with Crippen LogP contribution in [0.1, 0.15) is 26.3 Å². The third-order valence-electron chi connectivity index (χ3n) is 4.23. The summed E-state index contributed by atoms with van der Waals surface area (Å²) in [6.45, 7) is 9.02. The van der Waals surface area contributed by atoms with E-state index in [1.165, 1.54) is 5.56 Å². The van der Waals surface area contributed by atoms with E-state index in [0.29, 0.717) is 18.8 Å². The van der Waals surface area contributed by atoms with E-state index < -0.39 is 6.10 Å².